The van der Waals surface area contributed by atoms with Gasteiger partial charge in [0.25, 0.3) is 0 Å². The van der Waals surface area contributed by atoms with E-state index < -0.39 is 11.2 Å². The molecule has 0 aliphatic carbocycles. The lowest BCUT2D eigenvalue weighted by molar-refractivity contribution is 0.338. The van der Waals surface area contributed by atoms with Gasteiger partial charge in [-0.05, 0) is 35.4 Å². The van der Waals surface area contributed by atoms with Gasteiger partial charge < -0.3 is 14.0 Å². The second kappa shape index (κ2) is 8.28. The van der Waals surface area contributed by atoms with Crippen LogP contribution >= 0.6 is 0 Å². The van der Waals surface area contributed by atoms with E-state index in [9.17, 15) is 4.55 Å². The summed E-state index contributed by atoms with van der Waals surface area (Å²) in [6.45, 7) is 0.300. The highest BCUT2D eigenvalue weighted by Crippen LogP contribution is 2.33. The Bertz CT molecular complexity index is 1040. The number of nitrogens with zero attached hydrogens (tertiary/aromatic N) is 4. The van der Waals surface area contributed by atoms with E-state index in [-0.39, 0.29) is 0 Å². The van der Waals surface area contributed by atoms with Crippen LogP contribution in [0.4, 0.5) is 0 Å². The Morgan fingerprint density at radius 3 is 2.79 bits per heavy atom. The van der Waals surface area contributed by atoms with Crippen LogP contribution in [0.2, 0.25) is 0 Å². The van der Waals surface area contributed by atoms with E-state index >= 15 is 0 Å². The molecule has 142 valence electrons. The SMILES string of the molecule is COc1ccc(-c2cn3ncncc3n2)c(OCC[S+]([O-])c2ccccc2)c1. The number of aromatic nitrogens is 4. The van der Waals surface area contributed by atoms with E-state index in [4.69, 9.17) is 9.47 Å². The third-order valence-electron chi connectivity index (χ3n) is 4.14. The predicted molar refractivity (Wildman–Crippen MR) is 106 cm³/mol. The predicted octanol–water partition coefficient (Wildman–Crippen LogP) is 2.99. The lowest BCUT2D eigenvalue weighted by Gasteiger charge is -2.14. The van der Waals surface area contributed by atoms with E-state index in [1.165, 1.54) is 6.33 Å². The summed E-state index contributed by atoms with van der Waals surface area (Å²) in [6.07, 6.45) is 4.92. The van der Waals surface area contributed by atoms with Crippen molar-refractivity contribution in [3.63, 3.8) is 0 Å². The average molecular weight is 394 g/mol. The standard InChI is InChI=1S/C20H18N4O3S/c1-26-15-7-8-17(18-13-24-20(23-18)12-21-14-22-24)19(11-15)27-9-10-28(25)16-5-3-2-4-6-16/h2-8,11-14H,9-10H2,1H3. The molecule has 7 nitrogen and oxygen atoms in total. The molecule has 0 fully saturated rings. The van der Waals surface area contributed by atoms with Crippen molar-refractivity contribution in [3.8, 4) is 22.8 Å². The molecule has 0 radical (unpaired) electrons. The molecule has 28 heavy (non-hydrogen) atoms. The molecule has 0 aliphatic heterocycles. The average Bonchev–Trinajstić information content (AvgIpc) is 3.18. The van der Waals surface area contributed by atoms with E-state index in [1.54, 1.807) is 23.9 Å². The number of imidazole rings is 1. The maximum atomic E-state index is 12.4. The van der Waals surface area contributed by atoms with Gasteiger partial charge >= 0.3 is 0 Å². The van der Waals surface area contributed by atoms with E-state index in [0.717, 1.165) is 10.5 Å². The number of rotatable bonds is 7. The molecular weight excluding hydrogens is 376 g/mol. The van der Waals surface area contributed by atoms with Crippen LogP contribution in [-0.2, 0) is 11.2 Å². The van der Waals surface area contributed by atoms with Gasteiger partial charge in [0.15, 0.2) is 10.5 Å². The molecule has 0 N–H and O–H groups in total. The highest BCUT2D eigenvalue weighted by atomic mass is 32.2. The second-order valence-electron chi connectivity index (χ2n) is 5.91. The van der Waals surface area contributed by atoms with Crippen molar-refractivity contribution in [3.05, 3.63) is 67.3 Å². The molecule has 2 heterocycles. The summed E-state index contributed by atoms with van der Waals surface area (Å²) in [5.41, 5.74) is 2.16. The molecule has 0 bridgehead atoms. The first-order chi connectivity index (χ1) is 13.7. The molecule has 0 saturated heterocycles. The third-order valence-corrected chi connectivity index (χ3v) is 5.48. The molecule has 0 saturated carbocycles. The molecule has 0 spiro atoms. The van der Waals surface area contributed by atoms with Crippen molar-refractivity contribution in [2.75, 3.05) is 19.5 Å². The zero-order valence-corrected chi connectivity index (χ0v) is 16.0. The smallest absolute Gasteiger partial charge is 0.172 e. The van der Waals surface area contributed by atoms with Crippen molar-refractivity contribution in [1.29, 1.82) is 0 Å². The lowest BCUT2D eigenvalue weighted by atomic mass is 10.1. The van der Waals surface area contributed by atoms with Crippen molar-refractivity contribution >= 4 is 16.8 Å². The monoisotopic (exact) mass is 394 g/mol. The Morgan fingerprint density at radius 1 is 1.14 bits per heavy atom. The summed E-state index contributed by atoms with van der Waals surface area (Å²) in [5.74, 6) is 1.67. The highest BCUT2D eigenvalue weighted by molar-refractivity contribution is 7.91. The van der Waals surface area contributed by atoms with Crippen LogP contribution < -0.4 is 9.47 Å². The highest BCUT2D eigenvalue weighted by Gasteiger charge is 2.15. The number of hydrogen-bond acceptors (Lipinski definition) is 6. The Balaban J connectivity index is 1.55. The Hall–Kier alpha value is -3.10. The fraction of sp³-hybridized carbons (Fsp3) is 0.150. The zero-order valence-electron chi connectivity index (χ0n) is 15.2. The summed E-state index contributed by atoms with van der Waals surface area (Å²) >= 11 is -1.12. The van der Waals surface area contributed by atoms with Gasteiger partial charge in [0.2, 0.25) is 0 Å². The molecular formula is C20H18N4O3S. The summed E-state index contributed by atoms with van der Waals surface area (Å²) in [7, 11) is 1.60. The first-order valence-electron chi connectivity index (χ1n) is 8.64. The van der Waals surface area contributed by atoms with Gasteiger partial charge in [-0.15, -0.1) is 0 Å². The summed E-state index contributed by atoms with van der Waals surface area (Å²) < 4.78 is 25.3. The van der Waals surface area contributed by atoms with Crippen LogP contribution in [0.25, 0.3) is 16.9 Å². The van der Waals surface area contributed by atoms with Crippen LogP contribution in [0.5, 0.6) is 11.5 Å². The largest absolute Gasteiger partial charge is 0.611 e. The first kappa shape index (κ1) is 18.3. The summed E-state index contributed by atoms with van der Waals surface area (Å²) in [5, 5.41) is 4.15. The van der Waals surface area contributed by atoms with E-state index in [0.29, 0.717) is 35.2 Å². The Kier molecular flexibility index (Phi) is 5.41. The van der Waals surface area contributed by atoms with Crippen molar-refractivity contribution in [1.82, 2.24) is 19.6 Å². The van der Waals surface area contributed by atoms with Gasteiger partial charge in [-0.2, -0.15) is 5.10 Å². The fourth-order valence-electron chi connectivity index (χ4n) is 2.76. The maximum absolute atomic E-state index is 12.4. The van der Waals surface area contributed by atoms with Gasteiger partial charge in [0, 0.05) is 11.6 Å². The third kappa shape index (κ3) is 3.92. The van der Waals surface area contributed by atoms with Crippen LogP contribution in [0.3, 0.4) is 0 Å². The van der Waals surface area contributed by atoms with Crippen molar-refractivity contribution in [2.45, 2.75) is 4.90 Å². The maximum Gasteiger partial charge on any atom is 0.172 e. The van der Waals surface area contributed by atoms with Gasteiger partial charge in [0.1, 0.15) is 30.2 Å². The minimum absolute atomic E-state index is 0.300. The number of methoxy groups -OCH3 is 1. The van der Waals surface area contributed by atoms with Crippen LogP contribution in [-0.4, -0.2) is 43.6 Å². The molecule has 8 heteroatoms. The van der Waals surface area contributed by atoms with Gasteiger partial charge in [0.05, 0.1) is 25.2 Å². The molecule has 1 unspecified atom stereocenters. The molecule has 2 aromatic heterocycles. The van der Waals surface area contributed by atoms with E-state index in [2.05, 4.69) is 15.1 Å². The molecule has 4 rings (SSSR count). The summed E-state index contributed by atoms with van der Waals surface area (Å²) in [4.78, 5) is 9.32. The van der Waals surface area contributed by atoms with Gasteiger partial charge in [-0.25, -0.2) is 14.5 Å². The van der Waals surface area contributed by atoms with Crippen molar-refractivity contribution in [2.24, 2.45) is 0 Å². The normalized spacial score (nSPS) is 12.1. The number of fused-ring (bicyclic) bond motifs is 1. The quantitative estimate of drug-likeness (QED) is 0.448. The molecule has 0 aliphatic rings. The fourth-order valence-corrected chi connectivity index (χ4v) is 3.69. The minimum Gasteiger partial charge on any atom is -0.611 e. The zero-order chi connectivity index (χ0) is 19.3. The van der Waals surface area contributed by atoms with Gasteiger partial charge in [-0.1, -0.05) is 18.2 Å². The van der Waals surface area contributed by atoms with Crippen LogP contribution in [0.15, 0.2) is 72.1 Å². The Labute approximate surface area is 165 Å². The molecule has 4 aromatic rings. The molecule has 0 amide bonds. The van der Waals surface area contributed by atoms with E-state index in [1.807, 2.05) is 48.7 Å². The number of ether oxygens (including phenoxy) is 2. The number of hydrogen-bond donors (Lipinski definition) is 0. The van der Waals surface area contributed by atoms with Gasteiger partial charge in [-0.3, -0.25) is 0 Å². The minimum atomic E-state index is -1.12. The summed E-state index contributed by atoms with van der Waals surface area (Å²) in [6, 6.07) is 14.9. The Morgan fingerprint density at radius 2 is 2.00 bits per heavy atom. The first-order valence-corrected chi connectivity index (χ1v) is 9.96. The topological polar surface area (TPSA) is 84.6 Å². The second-order valence-corrected chi connectivity index (χ2v) is 7.48. The molecule has 2 aromatic carbocycles. The number of benzene rings is 2. The van der Waals surface area contributed by atoms with Crippen LogP contribution in [0.1, 0.15) is 0 Å². The van der Waals surface area contributed by atoms with Crippen LogP contribution in [0, 0.1) is 0 Å². The molecule has 1 atom stereocenters. The lowest BCUT2D eigenvalue weighted by Crippen LogP contribution is -2.14. The van der Waals surface area contributed by atoms with Crippen molar-refractivity contribution < 1.29 is 14.0 Å².